The monoisotopic (exact) mass is 519 g/mol. The highest BCUT2D eigenvalue weighted by Crippen LogP contribution is 2.33. The lowest BCUT2D eigenvalue weighted by Gasteiger charge is -2.19. The van der Waals surface area contributed by atoms with Gasteiger partial charge in [-0.1, -0.05) is 48.9 Å². The van der Waals surface area contributed by atoms with Gasteiger partial charge in [0.2, 0.25) is 5.88 Å². The number of aryl methyl sites for hydroxylation is 4. The number of amides is 1. The van der Waals surface area contributed by atoms with Crippen molar-refractivity contribution in [2.24, 2.45) is 0 Å². The Bertz CT molecular complexity index is 1490. The van der Waals surface area contributed by atoms with Gasteiger partial charge in [0.25, 0.3) is 15.9 Å². The summed E-state index contributed by atoms with van der Waals surface area (Å²) in [6, 6.07) is 14.9. The van der Waals surface area contributed by atoms with Crippen LogP contribution >= 0.6 is 0 Å². The summed E-state index contributed by atoms with van der Waals surface area (Å²) in [6.45, 7) is 7.83. The Kier molecular flexibility index (Phi) is 7.47. The van der Waals surface area contributed by atoms with Gasteiger partial charge in [0.15, 0.2) is 6.23 Å². The SMILES string of the molecule is CCc1ccc(-c2ccc(C(=O)NS(=O)(=O)C3=CC=CNC3O)c(Oc3c(C)cc(C)cc3C)n2)cc1. The number of hydrogen-bond donors (Lipinski definition) is 3. The Morgan fingerprint density at radius 2 is 1.76 bits per heavy atom. The molecule has 8 nitrogen and oxygen atoms in total. The number of allylic oxidation sites excluding steroid dienone is 2. The van der Waals surface area contributed by atoms with Crippen LogP contribution in [0.15, 0.2) is 71.8 Å². The molecule has 0 bridgehead atoms. The molecule has 0 saturated carbocycles. The first-order valence-electron chi connectivity index (χ1n) is 11.8. The maximum atomic E-state index is 13.2. The molecule has 192 valence electrons. The first-order valence-corrected chi connectivity index (χ1v) is 13.3. The number of rotatable bonds is 7. The smallest absolute Gasteiger partial charge is 0.270 e. The van der Waals surface area contributed by atoms with Crippen LogP contribution in [0.1, 0.15) is 39.5 Å². The molecule has 0 saturated heterocycles. The molecule has 2 heterocycles. The number of aromatic nitrogens is 1. The number of dihydropyridines is 1. The molecule has 0 fully saturated rings. The second-order valence-corrected chi connectivity index (χ2v) is 10.5. The Balaban J connectivity index is 1.75. The third kappa shape index (κ3) is 5.73. The molecule has 3 N–H and O–H groups in total. The summed E-state index contributed by atoms with van der Waals surface area (Å²) >= 11 is 0. The number of benzene rings is 2. The van der Waals surface area contributed by atoms with Gasteiger partial charge in [0.1, 0.15) is 16.2 Å². The average Bonchev–Trinajstić information content (AvgIpc) is 2.86. The van der Waals surface area contributed by atoms with Crippen LogP contribution in [0.2, 0.25) is 0 Å². The van der Waals surface area contributed by atoms with E-state index in [2.05, 4.69) is 17.2 Å². The normalized spacial score (nSPS) is 15.1. The van der Waals surface area contributed by atoms with Gasteiger partial charge in [-0.3, -0.25) is 4.79 Å². The van der Waals surface area contributed by atoms with Crippen molar-refractivity contribution in [2.45, 2.75) is 40.3 Å². The zero-order valence-electron chi connectivity index (χ0n) is 21.1. The summed E-state index contributed by atoms with van der Waals surface area (Å²) in [7, 11) is -4.35. The lowest BCUT2D eigenvalue weighted by molar-refractivity contribution is 0.0978. The standard InChI is InChI=1S/C28H29N3O5S/c1-5-20-8-10-21(11-9-20)23-13-12-22(26(32)31-37(34,35)24-7-6-14-29-27(24)33)28(30-23)36-25-18(3)15-17(2)16-19(25)4/h6-16,27,29,33H,5H2,1-4H3,(H,31,32). The number of sulfonamides is 1. The molecule has 3 aromatic rings. The van der Waals surface area contributed by atoms with Gasteiger partial charge >= 0.3 is 0 Å². The number of carbonyl (C=O) groups excluding carboxylic acids is 1. The van der Waals surface area contributed by atoms with E-state index in [1.807, 2.05) is 61.9 Å². The molecular formula is C28H29N3O5S. The van der Waals surface area contributed by atoms with Crippen LogP contribution in [-0.2, 0) is 16.4 Å². The van der Waals surface area contributed by atoms with Gasteiger partial charge < -0.3 is 15.2 Å². The predicted octanol–water partition coefficient (Wildman–Crippen LogP) is 4.41. The summed E-state index contributed by atoms with van der Waals surface area (Å²) in [5.74, 6) is -0.426. The quantitative estimate of drug-likeness (QED) is 0.423. The van der Waals surface area contributed by atoms with E-state index < -0.39 is 22.2 Å². The van der Waals surface area contributed by atoms with Crippen molar-refractivity contribution in [3.63, 3.8) is 0 Å². The summed E-state index contributed by atoms with van der Waals surface area (Å²) in [6.07, 6.45) is 3.46. The molecule has 0 radical (unpaired) electrons. The Morgan fingerprint density at radius 3 is 2.38 bits per heavy atom. The van der Waals surface area contributed by atoms with E-state index in [9.17, 15) is 18.3 Å². The van der Waals surface area contributed by atoms with E-state index in [4.69, 9.17) is 4.74 Å². The fourth-order valence-electron chi connectivity index (χ4n) is 4.12. The minimum Gasteiger partial charge on any atom is -0.438 e. The molecule has 1 amide bonds. The van der Waals surface area contributed by atoms with E-state index in [-0.39, 0.29) is 16.3 Å². The largest absolute Gasteiger partial charge is 0.438 e. The molecule has 0 aliphatic carbocycles. The van der Waals surface area contributed by atoms with Crippen LogP contribution in [0.25, 0.3) is 11.3 Å². The van der Waals surface area contributed by atoms with E-state index in [1.165, 1.54) is 30.0 Å². The van der Waals surface area contributed by atoms with Crippen molar-refractivity contribution in [3.05, 3.63) is 99.6 Å². The third-order valence-corrected chi connectivity index (χ3v) is 7.42. The minimum absolute atomic E-state index is 0.0315. The van der Waals surface area contributed by atoms with Crippen molar-refractivity contribution in [1.29, 1.82) is 0 Å². The number of aliphatic hydroxyl groups is 1. The molecule has 4 rings (SSSR count). The van der Waals surface area contributed by atoms with E-state index >= 15 is 0 Å². The highest BCUT2D eigenvalue weighted by Gasteiger charge is 2.29. The van der Waals surface area contributed by atoms with Crippen LogP contribution in [-0.4, -0.2) is 30.6 Å². The molecule has 1 atom stereocenters. The number of nitrogens with zero attached hydrogens (tertiary/aromatic N) is 1. The van der Waals surface area contributed by atoms with Crippen molar-refractivity contribution < 1.29 is 23.1 Å². The molecule has 9 heteroatoms. The molecule has 1 aliphatic heterocycles. The van der Waals surface area contributed by atoms with Crippen LogP contribution < -0.4 is 14.8 Å². The second kappa shape index (κ2) is 10.6. The first-order chi connectivity index (χ1) is 17.6. The Labute approximate surface area is 216 Å². The Morgan fingerprint density at radius 1 is 1.08 bits per heavy atom. The van der Waals surface area contributed by atoms with Gasteiger partial charge in [-0.2, -0.15) is 0 Å². The van der Waals surface area contributed by atoms with Crippen molar-refractivity contribution in [1.82, 2.24) is 15.0 Å². The number of aliphatic hydroxyl groups excluding tert-OH is 1. The zero-order valence-corrected chi connectivity index (χ0v) is 21.9. The van der Waals surface area contributed by atoms with Gasteiger partial charge in [0, 0.05) is 5.56 Å². The number of ether oxygens (including phenoxy) is 1. The molecule has 2 aromatic carbocycles. The minimum atomic E-state index is -4.35. The number of pyridine rings is 1. The highest BCUT2D eigenvalue weighted by molar-refractivity contribution is 7.94. The van der Waals surface area contributed by atoms with Gasteiger partial charge in [-0.05, 0) is 74.4 Å². The Hall–Kier alpha value is -3.95. The molecular weight excluding hydrogens is 490 g/mol. The number of hydrogen-bond acceptors (Lipinski definition) is 7. The van der Waals surface area contributed by atoms with Crippen LogP contribution in [0.3, 0.4) is 0 Å². The van der Waals surface area contributed by atoms with Gasteiger partial charge in [-0.25, -0.2) is 18.1 Å². The summed E-state index contributed by atoms with van der Waals surface area (Å²) in [5.41, 5.74) is 5.27. The topological polar surface area (TPSA) is 118 Å². The predicted molar refractivity (Wildman–Crippen MR) is 143 cm³/mol. The fourth-order valence-corrected chi connectivity index (χ4v) is 5.21. The van der Waals surface area contributed by atoms with Crippen molar-refractivity contribution in [3.8, 4) is 22.9 Å². The lowest BCUT2D eigenvalue weighted by Crippen LogP contribution is -2.39. The zero-order chi connectivity index (χ0) is 26.7. The van der Waals surface area contributed by atoms with Crippen LogP contribution in [0, 0.1) is 20.8 Å². The maximum absolute atomic E-state index is 13.2. The second-order valence-electron chi connectivity index (χ2n) is 8.86. The van der Waals surface area contributed by atoms with Crippen molar-refractivity contribution in [2.75, 3.05) is 0 Å². The molecule has 37 heavy (non-hydrogen) atoms. The summed E-state index contributed by atoms with van der Waals surface area (Å²) in [4.78, 5) is 17.5. The highest BCUT2D eigenvalue weighted by atomic mass is 32.2. The number of nitrogens with one attached hydrogen (secondary N) is 2. The molecule has 1 aliphatic rings. The van der Waals surface area contributed by atoms with E-state index in [1.54, 1.807) is 6.07 Å². The van der Waals surface area contributed by atoms with Crippen molar-refractivity contribution >= 4 is 15.9 Å². The van der Waals surface area contributed by atoms with Crippen LogP contribution in [0.4, 0.5) is 0 Å². The average molecular weight is 520 g/mol. The fraction of sp³-hybridized carbons (Fsp3) is 0.214. The summed E-state index contributed by atoms with van der Waals surface area (Å²) in [5, 5.41) is 12.5. The van der Waals surface area contributed by atoms with Gasteiger partial charge in [0.05, 0.1) is 5.69 Å². The van der Waals surface area contributed by atoms with Gasteiger partial charge in [-0.15, -0.1) is 0 Å². The molecule has 0 spiro atoms. The lowest BCUT2D eigenvalue weighted by atomic mass is 10.1. The van der Waals surface area contributed by atoms with E-state index in [0.29, 0.717) is 11.4 Å². The maximum Gasteiger partial charge on any atom is 0.270 e. The third-order valence-electron chi connectivity index (χ3n) is 5.98. The molecule has 1 aromatic heterocycles. The van der Waals surface area contributed by atoms with E-state index in [0.717, 1.165) is 28.7 Å². The molecule has 1 unspecified atom stereocenters. The van der Waals surface area contributed by atoms with Crippen LogP contribution in [0.5, 0.6) is 11.6 Å². The number of carbonyl (C=O) groups is 1. The first kappa shape index (κ1) is 26.1. The summed E-state index contributed by atoms with van der Waals surface area (Å²) < 4.78 is 33.9.